The van der Waals surface area contributed by atoms with Crippen molar-refractivity contribution in [1.82, 2.24) is 19.8 Å². The third-order valence-electron chi connectivity index (χ3n) is 8.10. The van der Waals surface area contributed by atoms with Gasteiger partial charge in [0.15, 0.2) is 0 Å². The second kappa shape index (κ2) is 15.1. The molecule has 0 spiro atoms. The minimum Gasteiger partial charge on any atom is -0.493 e. The summed E-state index contributed by atoms with van der Waals surface area (Å²) in [6.07, 6.45) is 4.10. The van der Waals surface area contributed by atoms with Gasteiger partial charge in [0.25, 0.3) is 0 Å². The summed E-state index contributed by atoms with van der Waals surface area (Å²) in [5.41, 5.74) is 2.16. The Labute approximate surface area is 268 Å². The molecule has 4 aromatic rings. The number of hydrogen-bond donors (Lipinski definition) is 1. The quantitative estimate of drug-likeness (QED) is 0.180. The van der Waals surface area contributed by atoms with Crippen molar-refractivity contribution in [3.63, 3.8) is 0 Å². The van der Waals surface area contributed by atoms with Gasteiger partial charge in [0, 0.05) is 63.4 Å². The fourth-order valence-corrected chi connectivity index (χ4v) is 5.78. The van der Waals surface area contributed by atoms with Gasteiger partial charge in [-0.2, -0.15) is 0 Å². The standard InChI is InChI=1S/C34H39ClFN5O4/c1-40-11-13-41(14-12-40)10-3-15-43-28-20-30-33(32(21-28)45-27-8-16-42-17-9-27)34(38-23-37-30)39-26-6-7-31(29(35)19-26)44-22-24-4-2-5-25(36)18-24/h2,4-7,18-21,23,27H,3,8-17,22H2,1H3,(H,37,38,39). The van der Waals surface area contributed by atoms with E-state index >= 15 is 0 Å². The van der Waals surface area contributed by atoms with Gasteiger partial charge in [0.2, 0.25) is 0 Å². The minimum absolute atomic E-state index is 0.0199. The van der Waals surface area contributed by atoms with Crippen LogP contribution in [0.5, 0.6) is 17.2 Å². The van der Waals surface area contributed by atoms with Crippen LogP contribution < -0.4 is 19.5 Å². The average Bonchev–Trinajstić information content (AvgIpc) is 3.04. The molecule has 0 unspecified atom stereocenters. The molecule has 9 nitrogen and oxygen atoms in total. The van der Waals surface area contributed by atoms with E-state index in [0.717, 1.165) is 74.4 Å². The number of likely N-dealkylation sites (N-methyl/N-ethyl adjacent to an activating group) is 1. The van der Waals surface area contributed by atoms with Crippen molar-refractivity contribution in [3.05, 3.63) is 77.3 Å². The van der Waals surface area contributed by atoms with Gasteiger partial charge < -0.3 is 34.1 Å². The molecule has 0 amide bonds. The maximum absolute atomic E-state index is 13.5. The molecular formula is C34H39ClFN5O4. The molecule has 0 atom stereocenters. The Bertz CT molecular complexity index is 1580. The summed E-state index contributed by atoms with van der Waals surface area (Å²) < 4.78 is 37.7. The maximum Gasteiger partial charge on any atom is 0.145 e. The van der Waals surface area contributed by atoms with Crippen LogP contribution in [-0.2, 0) is 11.3 Å². The SMILES string of the molecule is CN1CCN(CCCOc2cc(OC3CCOCC3)c3c(Nc4ccc(OCc5cccc(F)c5)c(Cl)c4)ncnc3c2)CC1. The summed E-state index contributed by atoms with van der Waals surface area (Å²) in [7, 11) is 2.17. The molecule has 2 aliphatic rings. The van der Waals surface area contributed by atoms with Crippen LogP contribution in [0.2, 0.25) is 5.02 Å². The fourth-order valence-electron chi connectivity index (χ4n) is 5.54. The van der Waals surface area contributed by atoms with Crippen LogP contribution in [-0.4, -0.2) is 85.5 Å². The van der Waals surface area contributed by atoms with Crippen LogP contribution in [0.3, 0.4) is 0 Å². The Morgan fingerprint density at radius 2 is 1.82 bits per heavy atom. The summed E-state index contributed by atoms with van der Waals surface area (Å²) in [4.78, 5) is 14.0. The van der Waals surface area contributed by atoms with E-state index in [1.54, 1.807) is 24.3 Å². The van der Waals surface area contributed by atoms with Crippen molar-refractivity contribution in [2.24, 2.45) is 0 Å². The Kier molecular flexibility index (Phi) is 10.5. The van der Waals surface area contributed by atoms with Crippen LogP contribution in [0.25, 0.3) is 10.9 Å². The summed E-state index contributed by atoms with van der Waals surface area (Å²) in [5.74, 6) is 2.16. The van der Waals surface area contributed by atoms with Gasteiger partial charge in [-0.1, -0.05) is 23.7 Å². The zero-order chi connectivity index (χ0) is 31.0. The van der Waals surface area contributed by atoms with Crippen LogP contribution in [0, 0.1) is 5.82 Å². The van der Waals surface area contributed by atoms with Crippen molar-refractivity contribution in [2.75, 3.05) is 64.9 Å². The van der Waals surface area contributed by atoms with Gasteiger partial charge in [-0.3, -0.25) is 0 Å². The molecule has 2 aliphatic heterocycles. The minimum atomic E-state index is -0.307. The molecule has 1 aromatic heterocycles. The maximum atomic E-state index is 13.5. The first kappa shape index (κ1) is 31.3. The predicted molar refractivity (Wildman–Crippen MR) is 174 cm³/mol. The van der Waals surface area contributed by atoms with Crippen molar-refractivity contribution in [3.8, 4) is 17.2 Å². The lowest BCUT2D eigenvalue weighted by atomic mass is 10.1. The molecule has 3 aromatic carbocycles. The van der Waals surface area contributed by atoms with Gasteiger partial charge in [-0.15, -0.1) is 0 Å². The summed E-state index contributed by atoms with van der Waals surface area (Å²) in [6.45, 7) is 7.56. The number of hydrogen-bond acceptors (Lipinski definition) is 9. The van der Waals surface area contributed by atoms with E-state index < -0.39 is 0 Å². The number of nitrogens with one attached hydrogen (secondary N) is 1. The number of ether oxygens (including phenoxy) is 4. The monoisotopic (exact) mass is 635 g/mol. The van der Waals surface area contributed by atoms with E-state index in [2.05, 4.69) is 32.1 Å². The Morgan fingerprint density at radius 1 is 0.978 bits per heavy atom. The fraction of sp³-hybridized carbons (Fsp3) is 0.412. The molecule has 238 valence electrons. The van der Waals surface area contributed by atoms with E-state index in [1.807, 2.05) is 18.2 Å². The number of anilines is 2. The first-order valence-corrected chi connectivity index (χ1v) is 15.9. The second-order valence-corrected chi connectivity index (χ2v) is 11.9. The highest BCUT2D eigenvalue weighted by Gasteiger charge is 2.20. The van der Waals surface area contributed by atoms with Crippen LogP contribution >= 0.6 is 11.6 Å². The number of aromatic nitrogens is 2. The molecule has 1 N–H and O–H groups in total. The Balaban J connectivity index is 1.18. The highest BCUT2D eigenvalue weighted by atomic mass is 35.5. The van der Waals surface area contributed by atoms with Crippen molar-refractivity contribution in [1.29, 1.82) is 0 Å². The zero-order valence-corrected chi connectivity index (χ0v) is 26.3. The number of halogens is 2. The number of nitrogens with zero attached hydrogens (tertiary/aromatic N) is 4. The lowest BCUT2D eigenvalue weighted by Crippen LogP contribution is -2.44. The second-order valence-electron chi connectivity index (χ2n) is 11.5. The van der Waals surface area contributed by atoms with Gasteiger partial charge in [0.05, 0.1) is 35.7 Å². The van der Waals surface area contributed by atoms with Crippen molar-refractivity contribution >= 4 is 34.0 Å². The van der Waals surface area contributed by atoms with E-state index in [9.17, 15) is 4.39 Å². The van der Waals surface area contributed by atoms with Gasteiger partial charge in [-0.05, 0) is 49.4 Å². The molecule has 2 saturated heterocycles. The number of fused-ring (bicyclic) bond motifs is 1. The highest BCUT2D eigenvalue weighted by Crippen LogP contribution is 2.38. The molecule has 0 saturated carbocycles. The smallest absolute Gasteiger partial charge is 0.145 e. The first-order valence-electron chi connectivity index (χ1n) is 15.5. The highest BCUT2D eigenvalue weighted by molar-refractivity contribution is 6.32. The third kappa shape index (κ3) is 8.52. The molecule has 6 rings (SSSR count). The number of benzene rings is 3. The summed E-state index contributed by atoms with van der Waals surface area (Å²) >= 11 is 6.58. The molecular weight excluding hydrogens is 597 g/mol. The first-order chi connectivity index (χ1) is 22.0. The average molecular weight is 636 g/mol. The van der Waals surface area contributed by atoms with Crippen LogP contribution in [0.1, 0.15) is 24.8 Å². The van der Waals surface area contributed by atoms with E-state index in [0.29, 0.717) is 47.7 Å². The van der Waals surface area contributed by atoms with Crippen molar-refractivity contribution in [2.45, 2.75) is 32.0 Å². The van der Waals surface area contributed by atoms with E-state index in [1.165, 1.54) is 18.5 Å². The largest absolute Gasteiger partial charge is 0.493 e. The molecule has 0 bridgehead atoms. The zero-order valence-electron chi connectivity index (χ0n) is 25.5. The Morgan fingerprint density at radius 3 is 2.62 bits per heavy atom. The van der Waals surface area contributed by atoms with Gasteiger partial charge in [-0.25, -0.2) is 14.4 Å². The number of piperazine rings is 1. The van der Waals surface area contributed by atoms with Crippen LogP contribution in [0.4, 0.5) is 15.9 Å². The topological polar surface area (TPSA) is 81.2 Å². The third-order valence-corrected chi connectivity index (χ3v) is 8.39. The molecule has 11 heteroatoms. The summed E-state index contributed by atoms with van der Waals surface area (Å²) in [5, 5.41) is 4.57. The normalized spacial score (nSPS) is 16.5. The molecule has 0 aliphatic carbocycles. The molecule has 45 heavy (non-hydrogen) atoms. The van der Waals surface area contributed by atoms with E-state index in [-0.39, 0.29) is 18.5 Å². The predicted octanol–water partition coefficient (Wildman–Crippen LogP) is 6.32. The Hall–Kier alpha value is -3.70. The van der Waals surface area contributed by atoms with Gasteiger partial charge >= 0.3 is 0 Å². The summed E-state index contributed by atoms with van der Waals surface area (Å²) in [6, 6.07) is 15.6. The molecule has 2 fully saturated rings. The number of rotatable bonds is 12. The van der Waals surface area contributed by atoms with Crippen LogP contribution in [0.15, 0.2) is 60.9 Å². The van der Waals surface area contributed by atoms with E-state index in [4.69, 9.17) is 30.5 Å². The van der Waals surface area contributed by atoms with Crippen molar-refractivity contribution < 1.29 is 23.3 Å². The van der Waals surface area contributed by atoms with Gasteiger partial charge in [0.1, 0.15) is 47.9 Å². The molecule has 0 radical (unpaired) electrons. The lowest BCUT2D eigenvalue weighted by molar-refractivity contribution is 0.0261. The lowest BCUT2D eigenvalue weighted by Gasteiger charge is -2.32. The molecule has 3 heterocycles.